The van der Waals surface area contributed by atoms with Gasteiger partial charge in [0.2, 0.25) is 0 Å². The van der Waals surface area contributed by atoms with Crippen molar-refractivity contribution in [1.29, 1.82) is 5.26 Å². The van der Waals surface area contributed by atoms with E-state index in [1.165, 1.54) is 18.3 Å². The number of alkyl halides is 3. The Morgan fingerprint density at radius 2 is 1.88 bits per heavy atom. The number of rotatable bonds is 4. The van der Waals surface area contributed by atoms with Gasteiger partial charge in [0.15, 0.2) is 0 Å². The molecule has 0 aliphatic carbocycles. The van der Waals surface area contributed by atoms with Gasteiger partial charge in [-0.25, -0.2) is 0 Å². The van der Waals surface area contributed by atoms with Gasteiger partial charge in [-0.2, -0.15) is 18.4 Å². The van der Waals surface area contributed by atoms with Crippen molar-refractivity contribution in [2.24, 2.45) is 0 Å². The van der Waals surface area contributed by atoms with Crippen molar-refractivity contribution < 1.29 is 17.9 Å². The summed E-state index contributed by atoms with van der Waals surface area (Å²) in [5.41, 5.74) is -0.123. The summed E-state index contributed by atoms with van der Waals surface area (Å²) in [5, 5.41) is 9.67. The van der Waals surface area contributed by atoms with E-state index in [2.05, 4.69) is 0 Å². The maximum absolute atomic E-state index is 12.7. The van der Waals surface area contributed by atoms with Gasteiger partial charge in [-0.1, -0.05) is 35.3 Å². The number of hydrogen-bond acceptors (Lipinski definition) is 3. The minimum absolute atomic E-state index is 0.0804. The Morgan fingerprint density at radius 3 is 2.38 bits per heavy atom. The average Bonchev–Trinajstić information content (AvgIpc) is 2.54. The summed E-state index contributed by atoms with van der Waals surface area (Å²) in [5.74, 6) is 0. The highest BCUT2D eigenvalue weighted by Crippen LogP contribution is 2.40. The average molecular weight is 377 g/mol. The lowest BCUT2D eigenvalue weighted by atomic mass is 9.95. The molecule has 1 aliphatic rings. The van der Waals surface area contributed by atoms with E-state index < -0.39 is 17.8 Å². The standard InChI is InChI=1S/C16H13Cl2F3N2O/c1-2-24-9-23-8-13(17)14(18)12(7-22)15(23)10-3-5-11(6-4-10)16(19,20)21/h3-6,8,15H,2,9H2,1H3. The van der Waals surface area contributed by atoms with Crippen molar-refractivity contribution in [3.8, 4) is 6.07 Å². The van der Waals surface area contributed by atoms with Crippen molar-refractivity contribution in [3.05, 3.63) is 57.2 Å². The second kappa shape index (κ2) is 7.47. The van der Waals surface area contributed by atoms with Gasteiger partial charge in [0, 0.05) is 12.8 Å². The number of ether oxygens (including phenoxy) is 1. The van der Waals surface area contributed by atoms with E-state index in [1.54, 1.807) is 11.8 Å². The number of allylic oxidation sites excluding steroid dienone is 2. The van der Waals surface area contributed by atoms with E-state index >= 15 is 0 Å². The third kappa shape index (κ3) is 3.86. The summed E-state index contributed by atoms with van der Waals surface area (Å²) < 4.78 is 43.5. The zero-order valence-corrected chi connectivity index (χ0v) is 14.1. The maximum Gasteiger partial charge on any atom is 0.416 e. The Morgan fingerprint density at radius 1 is 1.25 bits per heavy atom. The summed E-state index contributed by atoms with van der Waals surface area (Å²) >= 11 is 12.1. The first kappa shape index (κ1) is 18.7. The highest BCUT2D eigenvalue weighted by atomic mass is 35.5. The molecule has 1 unspecified atom stereocenters. The molecule has 0 amide bonds. The molecule has 0 saturated carbocycles. The molecule has 0 N–H and O–H groups in total. The van der Waals surface area contributed by atoms with Crippen LogP contribution in [0.5, 0.6) is 0 Å². The first-order valence-corrected chi connectivity index (χ1v) is 7.73. The molecule has 0 spiro atoms. The van der Waals surface area contributed by atoms with Crippen LogP contribution in [-0.4, -0.2) is 18.2 Å². The van der Waals surface area contributed by atoms with Crippen LogP contribution < -0.4 is 0 Å². The number of nitrogens with zero attached hydrogens (tertiary/aromatic N) is 2. The molecule has 0 saturated heterocycles. The van der Waals surface area contributed by atoms with E-state index in [0.717, 1.165) is 12.1 Å². The Bertz CT molecular complexity index is 706. The van der Waals surface area contributed by atoms with E-state index in [-0.39, 0.29) is 22.4 Å². The maximum atomic E-state index is 12.7. The first-order valence-electron chi connectivity index (χ1n) is 6.97. The van der Waals surface area contributed by atoms with Crippen molar-refractivity contribution >= 4 is 23.2 Å². The number of hydrogen-bond donors (Lipinski definition) is 0. The lowest BCUT2D eigenvalue weighted by Gasteiger charge is -2.34. The molecule has 3 nitrogen and oxygen atoms in total. The normalized spacial score (nSPS) is 18.5. The van der Waals surface area contributed by atoms with Crippen LogP contribution in [0.1, 0.15) is 24.1 Å². The molecular weight excluding hydrogens is 364 g/mol. The second-order valence-electron chi connectivity index (χ2n) is 4.97. The Labute approximate surface area is 147 Å². The summed E-state index contributed by atoms with van der Waals surface area (Å²) in [6.07, 6.45) is -2.91. The second-order valence-corrected chi connectivity index (χ2v) is 5.76. The molecule has 8 heteroatoms. The third-order valence-corrected chi connectivity index (χ3v) is 4.24. The van der Waals surface area contributed by atoms with Crippen LogP contribution in [0.2, 0.25) is 0 Å². The monoisotopic (exact) mass is 376 g/mol. The van der Waals surface area contributed by atoms with Crippen LogP contribution in [0.3, 0.4) is 0 Å². The van der Waals surface area contributed by atoms with Gasteiger partial charge in [0.05, 0.1) is 33.3 Å². The molecule has 0 bridgehead atoms. The summed E-state index contributed by atoms with van der Waals surface area (Å²) in [4.78, 5) is 1.62. The van der Waals surface area contributed by atoms with Gasteiger partial charge in [0.1, 0.15) is 6.73 Å². The zero-order valence-electron chi connectivity index (χ0n) is 12.6. The molecule has 0 fully saturated rings. The number of halogens is 5. The topological polar surface area (TPSA) is 36.3 Å². The van der Waals surface area contributed by atoms with Crippen molar-refractivity contribution in [3.63, 3.8) is 0 Å². The van der Waals surface area contributed by atoms with Crippen LogP contribution in [-0.2, 0) is 10.9 Å². The van der Waals surface area contributed by atoms with Gasteiger partial charge >= 0.3 is 6.18 Å². The molecule has 1 aliphatic heterocycles. The zero-order chi connectivity index (χ0) is 17.9. The lowest BCUT2D eigenvalue weighted by Crippen LogP contribution is -2.30. The Kier molecular flexibility index (Phi) is 5.81. The summed E-state index contributed by atoms with van der Waals surface area (Å²) in [7, 11) is 0. The molecule has 1 atom stereocenters. The van der Waals surface area contributed by atoms with Crippen LogP contribution in [0.4, 0.5) is 13.2 Å². The van der Waals surface area contributed by atoms with Crippen molar-refractivity contribution in [2.45, 2.75) is 19.1 Å². The third-order valence-electron chi connectivity index (χ3n) is 3.45. The Hall–Kier alpha value is -1.68. The summed E-state index contributed by atoms with van der Waals surface area (Å²) in [6, 6.07) is 5.90. The molecule has 24 heavy (non-hydrogen) atoms. The van der Waals surface area contributed by atoms with Crippen LogP contribution >= 0.6 is 23.2 Å². The van der Waals surface area contributed by atoms with Gasteiger partial charge < -0.3 is 9.64 Å². The van der Waals surface area contributed by atoms with Crippen molar-refractivity contribution in [2.75, 3.05) is 13.3 Å². The van der Waals surface area contributed by atoms with E-state index in [0.29, 0.717) is 12.2 Å². The van der Waals surface area contributed by atoms with Gasteiger partial charge in [-0.15, -0.1) is 0 Å². The molecule has 1 aromatic carbocycles. The predicted molar refractivity (Wildman–Crippen MR) is 84.9 cm³/mol. The van der Waals surface area contributed by atoms with Crippen LogP contribution in [0.15, 0.2) is 46.1 Å². The first-order chi connectivity index (χ1) is 11.3. The fraction of sp³-hybridized carbons (Fsp3) is 0.312. The Balaban J connectivity index is 2.44. The van der Waals surface area contributed by atoms with E-state index in [9.17, 15) is 18.4 Å². The van der Waals surface area contributed by atoms with Crippen LogP contribution in [0.25, 0.3) is 0 Å². The highest BCUT2D eigenvalue weighted by Gasteiger charge is 2.33. The number of benzene rings is 1. The van der Waals surface area contributed by atoms with E-state index in [1.807, 2.05) is 6.07 Å². The van der Waals surface area contributed by atoms with Crippen molar-refractivity contribution in [1.82, 2.24) is 4.90 Å². The predicted octanol–water partition coefficient (Wildman–Crippen LogP) is 5.15. The molecule has 1 heterocycles. The molecule has 2 rings (SSSR count). The largest absolute Gasteiger partial charge is 0.416 e. The minimum Gasteiger partial charge on any atom is -0.361 e. The number of nitriles is 1. The highest BCUT2D eigenvalue weighted by molar-refractivity contribution is 6.44. The van der Waals surface area contributed by atoms with Gasteiger partial charge in [0.25, 0.3) is 0 Å². The van der Waals surface area contributed by atoms with Crippen LogP contribution in [0, 0.1) is 11.3 Å². The molecule has 0 radical (unpaired) electrons. The minimum atomic E-state index is -4.43. The quantitative estimate of drug-likeness (QED) is 0.728. The smallest absolute Gasteiger partial charge is 0.361 e. The fourth-order valence-corrected chi connectivity index (χ4v) is 2.74. The van der Waals surface area contributed by atoms with Gasteiger partial charge in [-0.3, -0.25) is 0 Å². The fourth-order valence-electron chi connectivity index (χ4n) is 2.32. The molecule has 1 aromatic rings. The van der Waals surface area contributed by atoms with E-state index in [4.69, 9.17) is 27.9 Å². The molecule has 128 valence electrons. The molecular formula is C16H13Cl2F3N2O. The SMILES string of the molecule is CCOCN1C=C(Cl)C(Cl)=C(C#N)C1c1ccc(C(F)(F)F)cc1. The lowest BCUT2D eigenvalue weighted by molar-refractivity contribution is -0.137. The van der Waals surface area contributed by atoms with Gasteiger partial charge in [-0.05, 0) is 24.6 Å². The molecule has 0 aromatic heterocycles. The summed E-state index contributed by atoms with van der Waals surface area (Å²) in [6.45, 7) is 2.35.